The van der Waals surface area contributed by atoms with Crippen LogP contribution in [0.15, 0.2) is 48.5 Å². The van der Waals surface area contributed by atoms with Crippen LogP contribution in [0.5, 0.6) is 17.4 Å². The first-order valence-corrected chi connectivity index (χ1v) is 8.71. The van der Waals surface area contributed by atoms with Crippen LogP contribution < -0.4 is 14.8 Å². The molecule has 1 aromatic heterocycles. The van der Waals surface area contributed by atoms with Crippen LogP contribution >= 0.6 is 11.6 Å². The molecule has 0 fully saturated rings. The van der Waals surface area contributed by atoms with Crippen molar-refractivity contribution in [2.45, 2.75) is 26.9 Å². The summed E-state index contributed by atoms with van der Waals surface area (Å²) in [6.07, 6.45) is 0.0681. The SMILES string of the molecule is CCNc1ccc2nc(Oc3ccc(OC(C)C)c(Cl)c3)ccc2c1. The summed E-state index contributed by atoms with van der Waals surface area (Å²) in [5.41, 5.74) is 1.96. The molecule has 0 saturated heterocycles. The van der Waals surface area contributed by atoms with E-state index in [1.54, 1.807) is 12.1 Å². The van der Waals surface area contributed by atoms with Gasteiger partial charge in [-0.2, -0.15) is 0 Å². The first-order chi connectivity index (χ1) is 12.0. The van der Waals surface area contributed by atoms with Gasteiger partial charge in [0.15, 0.2) is 0 Å². The Morgan fingerprint density at radius 3 is 2.64 bits per heavy atom. The highest BCUT2D eigenvalue weighted by molar-refractivity contribution is 6.32. The molecular weight excluding hydrogens is 336 g/mol. The van der Waals surface area contributed by atoms with Gasteiger partial charge in [-0.3, -0.25) is 0 Å². The summed E-state index contributed by atoms with van der Waals surface area (Å²) in [5, 5.41) is 4.87. The molecule has 4 nitrogen and oxygen atoms in total. The van der Waals surface area contributed by atoms with E-state index in [1.807, 2.05) is 44.2 Å². The van der Waals surface area contributed by atoms with E-state index in [2.05, 4.69) is 23.3 Å². The lowest BCUT2D eigenvalue weighted by atomic mass is 10.2. The topological polar surface area (TPSA) is 43.4 Å². The van der Waals surface area contributed by atoms with Crippen LogP contribution in [0.25, 0.3) is 10.9 Å². The van der Waals surface area contributed by atoms with Gasteiger partial charge in [0, 0.05) is 29.8 Å². The molecule has 0 aliphatic carbocycles. The fraction of sp³-hybridized carbons (Fsp3) is 0.250. The summed E-state index contributed by atoms with van der Waals surface area (Å²) in [6.45, 7) is 6.88. The van der Waals surface area contributed by atoms with Gasteiger partial charge in [0.2, 0.25) is 5.88 Å². The maximum absolute atomic E-state index is 6.25. The molecule has 25 heavy (non-hydrogen) atoms. The van der Waals surface area contributed by atoms with Crippen LogP contribution in [-0.4, -0.2) is 17.6 Å². The number of halogens is 1. The number of hydrogen-bond acceptors (Lipinski definition) is 4. The predicted molar refractivity (Wildman–Crippen MR) is 103 cm³/mol. The zero-order chi connectivity index (χ0) is 17.8. The Labute approximate surface area is 152 Å². The number of ether oxygens (including phenoxy) is 2. The smallest absolute Gasteiger partial charge is 0.219 e. The van der Waals surface area contributed by atoms with Crippen LogP contribution in [-0.2, 0) is 0 Å². The number of fused-ring (bicyclic) bond motifs is 1. The van der Waals surface area contributed by atoms with Crippen LogP contribution in [0.3, 0.4) is 0 Å². The summed E-state index contributed by atoms with van der Waals surface area (Å²) < 4.78 is 11.5. The molecule has 0 aliphatic heterocycles. The van der Waals surface area contributed by atoms with E-state index in [0.29, 0.717) is 22.4 Å². The average molecular weight is 357 g/mol. The number of nitrogens with one attached hydrogen (secondary N) is 1. The Hall–Kier alpha value is -2.46. The Balaban J connectivity index is 1.80. The first kappa shape index (κ1) is 17.4. The Morgan fingerprint density at radius 1 is 1.08 bits per heavy atom. The minimum Gasteiger partial charge on any atom is -0.489 e. The Bertz CT molecular complexity index is 881. The fourth-order valence-corrected chi connectivity index (χ4v) is 2.71. The van der Waals surface area contributed by atoms with Gasteiger partial charge in [-0.1, -0.05) is 11.6 Å². The number of hydrogen-bond donors (Lipinski definition) is 1. The largest absolute Gasteiger partial charge is 0.489 e. The van der Waals surface area contributed by atoms with Crippen molar-refractivity contribution in [1.82, 2.24) is 4.98 Å². The monoisotopic (exact) mass is 356 g/mol. The lowest BCUT2D eigenvalue weighted by Crippen LogP contribution is -2.05. The molecule has 5 heteroatoms. The highest BCUT2D eigenvalue weighted by Gasteiger charge is 2.08. The molecule has 130 valence electrons. The summed E-state index contributed by atoms with van der Waals surface area (Å²) >= 11 is 6.25. The molecule has 3 aromatic rings. The molecule has 0 spiro atoms. The molecule has 0 bridgehead atoms. The maximum atomic E-state index is 6.25. The molecule has 0 radical (unpaired) electrons. The van der Waals surface area contributed by atoms with E-state index in [1.165, 1.54) is 0 Å². The molecule has 0 amide bonds. The zero-order valence-electron chi connectivity index (χ0n) is 14.5. The lowest BCUT2D eigenvalue weighted by Gasteiger charge is -2.12. The fourth-order valence-electron chi connectivity index (χ4n) is 2.49. The third-order valence-electron chi connectivity index (χ3n) is 3.53. The molecule has 0 aliphatic rings. The standard InChI is InChI=1S/C20H21ClN2O2/c1-4-22-15-6-8-18-14(11-15)5-10-20(23-18)25-16-7-9-19(17(21)12-16)24-13(2)3/h5-13,22H,4H2,1-3H3. The predicted octanol–water partition coefficient (Wildman–Crippen LogP) is 5.90. The highest BCUT2D eigenvalue weighted by atomic mass is 35.5. The Kier molecular flexibility index (Phi) is 5.29. The molecule has 3 rings (SSSR count). The second-order valence-electron chi connectivity index (χ2n) is 5.95. The molecule has 1 N–H and O–H groups in total. The highest BCUT2D eigenvalue weighted by Crippen LogP contribution is 2.32. The van der Waals surface area contributed by atoms with Crippen molar-refractivity contribution in [3.63, 3.8) is 0 Å². The normalized spacial score (nSPS) is 10.9. The second-order valence-corrected chi connectivity index (χ2v) is 6.36. The minimum atomic E-state index is 0.0681. The Morgan fingerprint density at radius 2 is 1.92 bits per heavy atom. The van der Waals surface area contributed by atoms with Gasteiger partial charge in [-0.15, -0.1) is 0 Å². The van der Waals surface area contributed by atoms with Crippen molar-refractivity contribution < 1.29 is 9.47 Å². The summed E-state index contributed by atoms with van der Waals surface area (Å²) in [7, 11) is 0. The first-order valence-electron chi connectivity index (χ1n) is 8.34. The van der Waals surface area contributed by atoms with E-state index < -0.39 is 0 Å². The molecule has 1 heterocycles. The second kappa shape index (κ2) is 7.62. The van der Waals surface area contributed by atoms with Crippen LogP contribution in [0.4, 0.5) is 5.69 Å². The van der Waals surface area contributed by atoms with Crippen LogP contribution in [0.2, 0.25) is 5.02 Å². The molecule has 0 saturated carbocycles. The van der Waals surface area contributed by atoms with Gasteiger partial charge in [0.1, 0.15) is 11.5 Å². The van der Waals surface area contributed by atoms with E-state index >= 15 is 0 Å². The zero-order valence-corrected chi connectivity index (χ0v) is 15.3. The average Bonchev–Trinajstić information content (AvgIpc) is 2.57. The molecule has 0 unspecified atom stereocenters. The summed E-state index contributed by atoms with van der Waals surface area (Å²) in [6, 6.07) is 15.3. The van der Waals surface area contributed by atoms with Crippen molar-refractivity contribution in [2.24, 2.45) is 0 Å². The molecule has 0 atom stereocenters. The van der Waals surface area contributed by atoms with Gasteiger partial charge < -0.3 is 14.8 Å². The van der Waals surface area contributed by atoms with Crippen LogP contribution in [0.1, 0.15) is 20.8 Å². The van der Waals surface area contributed by atoms with Crippen LogP contribution in [0, 0.1) is 0 Å². The lowest BCUT2D eigenvalue weighted by molar-refractivity contribution is 0.242. The molecule has 2 aromatic carbocycles. The van der Waals surface area contributed by atoms with Gasteiger partial charge in [0.25, 0.3) is 0 Å². The van der Waals surface area contributed by atoms with Crippen molar-refractivity contribution in [2.75, 3.05) is 11.9 Å². The van der Waals surface area contributed by atoms with Crippen molar-refractivity contribution >= 4 is 28.2 Å². The van der Waals surface area contributed by atoms with Crippen molar-refractivity contribution in [1.29, 1.82) is 0 Å². The minimum absolute atomic E-state index is 0.0681. The number of nitrogens with zero attached hydrogens (tertiary/aromatic N) is 1. The van der Waals surface area contributed by atoms with Gasteiger partial charge in [-0.05, 0) is 57.2 Å². The summed E-state index contributed by atoms with van der Waals surface area (Å²) in [5.74, 6) is 1.79. The van der Waals surface area contributed by atoms with E-state index in [-0.39, 0.29) is 6.10 Å². The van der Waals surface area contributed by atoms with Gasteiger partial charge >= 0.3 is 0 Å². The quantitative estimate of drug-likeness (QED) is 0.597. The number of pyridine rings is 1. The number of aromatic nitrogens is 1. The van der Waals surface area contributed by atoms with E-state index in [0.717, 1.165) is 23.1 Å². The number of rotatable bonds is 6. The summed E-state index contributed by atoms with van der Waals surface area (Å²) in [4.78, 5) is 4.55. The molecular formula is C20H21ClN2O2. The van der Waals surface area contributed by atoms with Gasteiger partial charge in [0.05, 0.1) is 16.6 Å². The van der Waals surface area contributed by atoms with Crippen molar-refractivity contribution in [3.05, 3.63) is 53.6 Å². The van der Waals surface area contributed by atoms with Gasteiger partial charge in [-0.25, -0.2) is 4.98 Å². The number of anilines is 1. The van der Waals surface area contributed by atoms with E-state index in [9.17, 15) is 0 Å². The number of benzene rings is 2. The third kappa shape index (κ3) is 4.34. The maximum Gasteiger partial charge on any atom is 0.219 e. The van der Waals surface area contributed by atoms with Crippen molar-refractivity contribution in [3.8, 4) is 17.4 Å². The third-order valence-corrected chi connectivity index (χ3v) is 3.83. The van der Waals surface area contributed by atoms with E-state index in [4.69, 9.17) is 21.1 Å².